The maximum Gasteiger partial charge on any atom is 0.272 e. The molecular weight excluding hydrogens is 486 g/mol. The number of nitrogens with zero attached hydrogens (tertiary/aromatic N) is 1. The summed E-state index contributed by atoms with van der Waals surface area (Å²) in [4.78, 5) is 42.4. The molecule has 1 aromatic heterocycles. The highest BCUT2D eigenvalue weighted by molar-refractivity contribution is 6.32. The molecule has 37 heavy (non-hydrogen) atoms. The number of anilines is 1. The van der Waals surface area contributed by atoms with E-state index < -0.39 is 11.8 Å². The van der Waals surface area contributed by atoms with E-state index in [1.165, 1.54) is 12.2 Å². The largest absolute Gasteiger partial charge is 0.321 e. The summed E-state index contributed by atoms with van der Waals surface area (Å²) in [5, 5.41) is 5.87. The van der Waals surface area contributed by atoms with E-state index in [4.69, 9.17) is 11.6 Å². The Bertz CT molecular complexity index is 1470. The predicted octanol–water partition coefficient (Wildman–Crippen LogP) is 6.04. The van der Waals surface area contributed by atoms with Gasteiger partial charge in [0.05, 0.1) is 0 Å². The smallest absolute Gasteiger partial charge is 0.272 e. The van der Waals surface area contributed by atoms with Gasteiger partial charge in [-0.05, 0) is 77.9 Å². The lowest BCUT2D eigenvalue weighted by atomic mass is 10.1. The van der Waals surface area contributed by atoms with Crippen molar-refractivity contribution in [3.63, 3.8) is 0 Å². The Labute approximate surface area is 219 Å². The van der Waals surface area contributed by atoms with Crippen molar-refractivity contribution in [2.24, 2.45) is 0 Å². The van der Waals surface area contributed by atoms with E-state index in [1.807, 2.05) is 6.07 Å². The first-order chi connectivity index (χ1) is 18.0. The van der Waals surface area contributed by atoms with Gasteiger partial charge in [-0.2, -0.15) is 0 Å². The average molecular weight is 508 g/mol. The quantitative estimate of drug-likeness (QED) is 0.225. The summed E-state index contributed by atoms with van der Waals surface area (Å²) in [7, 11) is 0. The average Bonchev–Trinajstić information content (AvgIpc) is 2.94. The lowest BCUT2D eigenvalue weighted by Crippen LogP contribution is -2.30. The minimum Gasteiger partial charge on any atom is -0.321 e. The summed E-state index contributed by atoms with van der Waals surface area (Å²) < 4.78 is 0. The molecule has 6 nitrogen and oxygen atoms in total. The van der Waals surface area contributed by atoms with Crippen LogP contribution in [0.25, 0.3) is 12.2 Å². The van der Waals surface area contributed by atoms with Crippen LogP contribution < -0.4 is 10.6 Å². The molecule has 0 aliphatic carbocycles. The number of hydrogen-bond donors (Lipinski definition) is 2. The van der Waals surface area contributed by atoms with Gasteiger partial charge in [-0.3, -0.25) is 19.4 Å². The lowest BCUT2D eigenvalue weighted by Gasteiger charge is -2.12. The maximum absolute atomic E-state index is 13.2. The van der Waals surface area contributed by atoms with Crippen molar-refractivity contribution in [1.29, 1.82) is 0 Å². The van der Waals surface area contributed by atoms with Crippen molar-refractivity contribution in [2.75, 3.05) is 5.32 Å². The molecule has 0 atom stereocenters. The van der Waals surface area contributed by atoms with Crippen LogP contribution in [-0.2, 0) is 4.79 Å². The summed E-state index contributed by atoms with van der Waals surface area (Å²) in [6, 6.07) is 25.7. The third kappa shape index (κ3) is 7.10. The van der Waals surface area contributed by atoms with E-state index >= 15 is 0 Å². The number of halogens is 1. The van der Waals surface area contributed by atoms with Crippen molar-refractivity contribution >= 4 is 47.0 Å². The first kappa shape index (κ1) is 25.3. The minimum absolute atomic E-state index is 0.0153. The molecular formula is C30H22ClN3O3. The first-order valence-electron chi connectivity index (χ1n) is 11.4. The Balaban J connectivity index is 1.50. The normalized spacial score (nSPS) is 11.2. The zero-order chi connectivity index (χ0) is 26.0. The molecule has 2 amide bonds. The zero-order valence-electron chi connectivity index (χ0n) is 19.6. The van der Waals surface area contributed by atoms with Gasteiger partial charge in [0, 0.05) is 34.2 Å². The van der Waals surface area contributed by atoms with Gasteiger partial charge in [0.1, 0.15) is 5.70 Å². The monoisotopic (exact) mass is 507 g/mol. The second-order valence-corrected chi connectivity index (χ2v) is 8.32. The molecule has 4 aromatic rings. The molecule has 2 N–H and O–H groups in total. The first-order valence-corrected chi connectivity index (χ1v) is 11.7. The van der Waals surface area contributed by atoms with Crippen molar-refractivity contribution in [3.05, 3.63) is 142 Å². The summed E-state index contributed by atoms with van der Waals surface area (Å²) >= 11 is 6.27. The van der Waals surface area contributed by atoms with Gasteiger partial charge in [-0.25, -0.2) is 0 Å². The van der Waals surface area contributed by atoms with Crippen LogP contribution in [0.1, 0.15) is 31.8 Å². The number of ketones is 1. The lowest BCUT2D eigenvalue weighted by molar-refractivity contribution is -0.113. The number of pyridine rings is 1. The summed E-state index contributed by atoms with van der Waals surface area (Å²) in [5.41, 5.74) is 2.72. The standard InChI is InChI=1S/C30H22ClN3O3/c31-26-11-5-4-10-24(26)19-27(34-29(36)23-8-2-1-3-9-23)30(37)33-25-15-13-22(14-16-25)28(35)17-12-21-7-6-18-32-20-21/h1-20H,(H,33,37)(H,34,36)/b17-12+,27-19-. The Morgan fingerprint density at radius 3 is 2.22 bits per heavy atom. The van der Waals surface area contributed by atoms with E-state index in [1.54, 1.807) is 103 Å². The maximum atomic E-state index is 13.2. The summed E-state index contributed by atoms with van der Waals surface area (Å²) in [6.07, 6.45) is 7.99. The fourth-order valence-corrected chi connectivity index (χ4v) is 3.54. The number of amides is 2. The van der Waals surface area contributed by atoms with Crippen molar-refractivity contribution in [2.45, 2.75) is 0 Å². The summed E-state index contributed by atoms with van der Waals surface area (Å²) in [6.45, 7) is 0. The number of benzene rings is 3. The molecule has 0 radical (unpaired) electrons. The van der Waals surface area contributed by atoms with Gasteiger partial charge in [-0.15, -0.1) is 0 Å². The van der Waals surface area contributed by atoms with Crippen molar-refractivity contribution in [3.8, 4) is 0 Å². The molecule has 0 aliphatic rings. The van der Waals surface area contributed by atoms with Crippen molar-refractivity contribution < 1.29 is 14.4 Å². The number of hydrogen-bond acceptors (Lipinski definition) is 4. The van der Waals surface area contributed by atoms with Crippen LogP contribution in [-0.4, -0.2) is 22.6 Å². The number of nitrogens with one attached hydrogen (secondary N) is 2. The Morgan fingerprint density at radius 1 is 0.784 bits per heavy atom. The second kappa shape index (κ2) is 12.2. The molecule has 4 rings (SSSR count). The van der Waals surface area contributed by atoms with Crippen molar-refractivity contribution in [1.82, 2.24) is 10.3 Å². The predicted molar refractivity (Wildman–Crippen MR) is 146 cm³/mol. The van der Waals surface area contributed by atoms with Crippen LogP contribution in [0.5, 0.6) is 0 Å². The number of aromatic nitrogens is 1. The van der Waals surface area contributed by atoms with E-state index in [-0.39, 0.29) is 11.5 Å². The molecule has 1 heterocycles. The highest BCUT2D eigenvalue weighted by Gasteiger charge is 2.16. The Hall–Kier alpha value is -4.81. The molecule has 7 heteroatoms. The van der Waals surface area contributed by atoms with Crippen LogP contribution >= 0.6 is 11.6 Å². The molecule has 0 aliphatic heterocycles. The zero-order valence-corrected chi connectivity index (χ0v) is 20.4. The molecule has 3 aromatic carbocycles. The highest BCUT2D eigenvalue weighted by Crippen LogP contribution is 2.19. The number of rotatable bonds is 8. The van der Waals surface area contributed by atoms with Gasteiger partial charge in [0.2, 0.25) is 0 Å². The molecule has 0 spiro atoms. The SMILES string of the molecule is O=C(Nc1ccc(C(=O)/C=C/c2cccnc2)cc1)/C(=C/c1ccccc1Cl)NC(=O)c1ccccc1. The second-order valence-electron chi connectivity index (χ2n) is 7.92. The van der Waals surface area contributed by atoms with Crippen LogP contribution in [0.15, 0.2) is 115 Å². The third-order valence-corrected chi connectivity index (χ3v) is 5.62. The van der Waals surface area contributed by atoms with E-state index in [0.717, 1.165) is 5.56 Å². The van der Waals surface area contributed by atoms with Crippen LogP contribution in [0.3, 0.4) is 0 Å². The topological polar surface area (TPSA) is 88.2 Å². The number of carbonyl (C=O) groups is 3. The van der Waals surface area contributed by atoms with Gasteiger partial charge < -0.3 is 10.6 Å². The minimum atomic E-state index is -0.542. The van der Waals surface area contributed by atoms with Crippen LogP contribution in [0.2, 0.25) is 5.02 Å². The molecule has 0 unspecified atom stereocenters. The fourth-order valence-electron chi connectivity index (χ4n) is 3.35. The van der Waals surface area contributed by atoms with Gasteiger partial charge in [0.25, 0.3) is 11.8 Å². The molecule has 0 bridgehead atoms. The fraction of sp³-hybridized carbons (Fsp3) is 0. The summed E-state index contributed by atoms with van der Waals surface area (Å²) in [5.74, 6) is -1.16. The van der Waals surface area contributed by atoms with E-state index in [2.05, 4.69) is 15.6 Å². The Morgan fingerprint density at radius 2 is 1.51 bits per heavy atom. The van der Waals surface area contributed by atoms with Crippen LogP contribution in [0, 0.1) is 0 Å². The third-order valence-electron chi connectivity index (χ3n) is 5.27. The molecule has 182 valence electrons. The number of allylic oxidation sites excluding steroid dienone is 1. The van der Waals surface area contributed by atoms with Gasteiger partial charge in [0.15, 0.2) is 5.78 Å². The van der Waals surface area contributed by atoms with Crippen LogP contribution in [0.4, 0.5) is 5.69 Å². The van der Waals surface area contributed by atoms with E-state index in [0.29, 0.717) is 27.4 Å². The van der Waals surface area contributed by atoms with Gasteiger partial charge in [-0.1, -0.05) is 54.1 Å². The van der Waals surface area contributed by atoms with Gasteiger partial charge >= 0.3 is 0 Å². The molecule has 0 saturated heterocycles. The molecule has 0 fully saturated rings. The number of carbonyl (C=O) groups excluding carboxylic acids is 3. The highest BCUT2D eigenvalue weighted by atomic mass is 35.5. The molecule has 0 saturated carbocycles. The Kier molecular flexibility index (Phi) is 8.37. The van der Waals surface area contributed by atoms with E-state index in [9.17, 15) is 14.4 Å².